The van der Waals surface area contributed by atoms with Crippen molar-refractivity contribution in [1.29, 1.82) is 0 Å². The van der Waals surface area contributed by atoms with E-state index in [9.17, 15) is 9.90 Å². The lowest BCUT2D eigenvalue weighted by Gasteiger charge is -2.24. The molecule has 0 fully saturated rings. The molecule has 0 bridgehead atoms. The van der Waals surface area contributed by atoms with Crippen molar-refractivity contribution in [3.8, 4) is 11.5 Å². The van der Waals surface area contributed by atoms with Gasteiger partial charge < -0.3 is 14.6 Å². The topological polar surface area (TPSA) is 59.0 Å². The molecule has 1 aromatic rings. The quantitative estimate of drug-likeness (QED) is 0.848. The van der Waals surface area contributed by atoms with Gasteiger partial charge in [-0.15, -0.1) is 0 Å². The summed E-state index contributed by atoms with van der Waals surface area (Å²) in [6.45, 7) is 6.27. The van der Waals surface area contributed by atoms with Crippen LogP contribution in [0.15, 0.2) is 12.1 Å². The zero-order valence-corrected chi connectivity index (χ0v) is 11.7. The molecule has 0 spiro atoms. The fraction of sp³-hybridized carbons (Fsp3) is 0.500. The van der Waals surface area contributed by atoms with E-state index in [0.717, 1.165) is 11.1 Å². The van der Waals surface area contributed by atoms with Crippen LogP contribution < -0.4 is 4.74 Å². The highest BCUT2D eigenvalue weighted by Crippen LogP contribution is 2.37. The Hall–Kier alpha value is -1.91. The van der Waals surface area contributed by atoms with Crippen LogP contribution in [0.4, 0.5) is 4.79 Å². The fourth-order valence-electron chi connectivity index (χ4n) is 2.05. The summed E-state index contributed by atoms with van der Waals surface area (Å²) in [5, 5.41) is 10.0. The minimum absolute atomic E-state index is 0.103. The van der Waals surface area contributed by atoms with Crippen molar-refractivity contribution in [3.63, 3.8) is 0 Å². The predicted molar refractivity (Wildman–Crippen MR) is 70.1 cm³/mol. The van der Waals surface area contributed by atoms with E-state index < -0.39 is 5.60 Å². The number of amides is 1. The molecule has 0 atom stereocenters. The van der Waals surface area contributed by atoms with Crippen molar-refractivity contribution >= 4 is 6.09 Å². The molecule has 1 N–H and O–H groups in total. The van der Waals surface area contributed by atoms with E-state index in [4.69, 9.17) is 9.47 Å². The number of fused-ring (bicyclic) bond motifs is 1. The molecule has 0 saturated carbocycles. The van der Waals surface area contributed by atoms with Crippen LogP contribution in [0, 0.1) is 0 Å². The maximum absolute atomic E-state index is 12.0. The van der Waals surface area contributed by atoms with E-state index in [1.165, 1.54) is 7.11 Å². The molecule has 0 unspecified atom stereocenters. The number of phenolic OH excluding ortho intramolecular Hbond substituents is 1. The van der Waals surface area contributed by atoms with Crippen LogP contribution in [0.5, 0.6) is 11.5 Å². The van der Waals surface area contributed by atoms with E-state index in [2.05, 4.69) is 0 Å². The van der Waals surface area contributed by atoms with E-state index in [1.54, 1.807) is 11.0 Å². The number of carbonyl (C=O) groups excluding carboxylic acids is 1. The average molecular weight is 265 g/mol. The van der Waals surface area contributed by atoms with Gasteiger partial charge >= 0.3 is 6.09 Å². The number of hydrogen-bond donors (Lipinski definition) is 1. The van der Waals surface area contributed by atoms with Gasteiger partial charge in [-0.3, -0.25) is 4.90 Å². The zero-order valence-electron chi connectivity index (χ0n) is 11.7. The first-order valence-corrected chi connectivity index (χ1v) is 6.17. The van der Waals surface area contributed by atoms with Crippen LogP contribution in [0.3, 0.4) is 0 Å². The lowest BCUT2D eigenvalue weighted by Crippen LogP contribution is -2.33. The van der Waals surface area contributed by atoms with Crippen molar-refractivity contribution in [2.45, 2.75) is 39.5 Å². The molecule has 5 heteroatoms. The summed E-state index contributed by atoms with van der Waals surface area (Å²) in [6.07, 6.45) is -0.373. The highest BCUT2D eigenvalue weighted by molar-refractivity contribution is 5.70. The van der Waals surface area contributed by atoms with Gasteiger partial charge in [0.15, 0.2) is 11.5 Å². The average Bonchev–Trinajstić information content (AvgIpc) is 2.72. The number of carbonyl (C=O) groups is 1. The third-order valence-corrected chi connectivity index (χ3v) is 2.92. The normalized spacial score (nSPS) is 14.2. The Kier molecular flexibility index (Phi) is 3.30. The summed E-state index contributed by atoms with van der Waals surface area (Å²) in [7, 11) is 1.50. The maximum Gasteiger partial charge on any atom is 0.410 e. The molecular weight excluding hydrogens is 246 g/mol. The fourth-order valence-corrected chi connectivity index (χ4v) is 2.05. The van der Waals surface area contributed by atoms with Crippen LogP contribution in [0.1, 0.15) is 31.9 Å². The van der Waals surface area contributed by atoms with Gasteiger partial charge in [-0.2, -0.15) is 0 Å². The summed E-state index contributed by atoms with van der Waals surface area (Å²) < 4.78 is 10.4. The molecule has 104 valence electrons. The molecule has 0 aliphatic carbocycles. The molecule has 0 radical (unpaired) electrons. The zero-order chi connectivity index (χ0) is 14.2. The number of phenols is 1. The Labute approximate surface area is 112 Å². The van der Waals surface area contributed by atoms with Crippen molar-refractivity contribution in [2.24, 2.45) is 0 Å². The second-order valence-electron chi connectivity index (χ2n) is 5.59. The van der Waals surface area contributed by atoms with Crippen LogP contribution in [-0.4, -0.2) is 28.8 Å². The van der Waals surface area contributed by atoms with Crippen molar-refractivity contribution in [2.75, 3.05) is 7.11 Å². The molecule has 1 aliphatic heterocycles. The first-order chi connectivity index (χ1) is 8.81. The number of nitrogens with zero attached hydrogens (tertiary/aromatic N) is 1. The molecule has 0 saturated heterocycles. The number of ether oxygens (including phenoxy) is 2. The van der Waals surface area contributed by atoms with Crippen LogP contribution in [-0.2, 0) is 17.8 Å². The van der Waals surface area contributed by atoms with Crippen LogP contribution in [0.25, 0.3) is 0 Å². The summed E-state index contributed by atoms with van der Waals surface area (Å²) in [5.74, 6) is 0.524. The minimum atomic E-state index is -0.522. The summed E-state index contributed by atoms with van der Waals surface area (Å²) in [5.41, 5.74) is 1.13. The van der Waals surface area contributed by atoms with E-state index in [-0.39, 0.29) is 11.8 Å². The van der Waals surface area contributed by atoms with Crippen molar-refractivity contribution in [3.05, 3.63) is 23.3 Å². The van der Waals surface area contributed by atoms with Crippen LogP contribution >= 0.6 is 0 Å². The number of rotatable bonds is 1. The monoisotopic (exact) mass is 265 g/mol. The van der Waals surface area contributed by atoms with Gasteiger partial charge in [0, 0.05) is 12.1 Å². The summed E-state index contributed by atoms with van der Waals surface area (Å²) in [4.78, 5) is 13.6. The molecule has 0 aromatic heterocycles. The molecular formula is C14H19NO4. The van der Waals surface area contributed by atoms with Gasteiger partial charge in [0.1, 0.15) is 5.60 Å². The van der Waals surface area contributed by atoms with Gasteiger partial charge in [0.25, 0.3) is 0 Å². The highest BCUT2D eigenvalue weighted by Gasteiger charge is 2.30. The molecule has 1 heterocycles. The Morgan fingerprint density at radius 2 is 2.00 bits per heavy atom. The van der Waals surface area contributed by atoms with Gasteiger partial charge in [-0.1, -0.05) is 6.07 Å². The standard InChI is InChI=1S/C14H19NO4/c1-14(2,3)19-13(17)15-7-9-5-6-11(18-4)12(16)10(9)8-15/h5-6,16H,7-8H2,1-4H3. The number of methoxy groups -OCH3 is 1. The number of benzene rings is 1. The minimum Gasteiger partial charge on any atom is -0.504 e. The summed E-state index contributed by atoms with van der Waals surface area (Å²) >= 11 is 0. The third kappa shape index (κ3) is 2.75. The Balaban J connectivity index is 2.17. The molecule has 1 aromatic carbocycles. The van der Waals surface area contributed by atoms with Gasteiger partial charge in [-0.25, -0.2) is 4.79 Å². The second kappa shape index (κ2) is 4.64. The SMILES string of the molecule is COc1ccc2c(c1O)CN(C(=O)OC(C)(C)C)C2. The lowest BCUT2D eigenvalue weighted by atomic mass is 10.1. The third-order valence-electron chi connectivity index (χ3n) is 2.92. The van der Waals surface area contributed by atoms with Gasteiger partial charge in [-0.05, 0) is 32.4 Å². The van der Waals surface area contributed by atoms with E-state index >= 15 is 0 Å². The number of hydrogen-bond acceptors (Lipinski definition) is 4. The predicted octanol–water partition coefficient (Wildman–Crippen LogP) is 2.65. The molecule has 5 nitrogen and oxygen atoms in total. The van der Waals surface area contributed by atoms with E-state index in [1.807, 2.05) is 26.8 Å². The first kappa shape index (κ1) is 13.5. The first-order valence-electron chi connectivity index (χ1n) is 6.17. The molecule has 19 heavy (non-hydrogen) atoms. The molecule has 2 rings (SSSR count). The van der Waals surface area contributed by atoms with Crippen LogP contribution in [0.2, 0.25) is 0 Å². The van der Waals surface area contributed by atoms with E-state index in [0.29, 0.717) is 18.8 Å². The van der Waals surface area contributed by atoms with Crippen molar-refractivity contribution < 1.29 is 19.4 Å². The maximum atomic E-state index is 12.0. The Morgan fingerprint density at radius 1 is 1.32 bits per heavy atom. The van der Waals surface area contributed by atoms with Crippen molar-refractivity contribution in [1.82, 2.24) is 4.90 Å². The molecule has 1 aliphatic rings. The summed E-state index contributed by atoms with van der Waals surface area (Å²) in [6, 6.07) is 3.56. The lowest BCUT2D eigenvalue weighted by molar-refractivity contribution is 0.0241. The Bertz CT molecular complexity index is 505. The Morgan fingerprint density at radius 3 is 2.58 bits per heavy atom. The largest absolute Gasteiger partial charge is 0.504 e. The van der Waals surface area contributed by atoms with Gasteiger partial charge in [0.05, 0.1) is 13.7 Å². The molecule has 1 amide bonds. The second-order valence-corrected chi connectivity index (χ2v) is 5.59. The smallest absolute Gasteiger partial charge is 0.410 e. The number of aromatic hydroxyl groups is 1. The highest BCUT2D eigenvalue weighted by atomic mass is 16.6. The van der Waals surface area contributed by atoms with Gasteiger partial charge in [0.2, 0.25) is 0 Å².